The third-order valence-corrected chi connectivity index (χ3v) is 5.22. The molecule has 0 unspecified atom stereocenters. The van der Waals surface area contributed by atoms with Crippen molar-refractivity contribution in [3.63, 3.8) is 0 Å². The molecule has 2 heterocycles. The van der Waals surface area contributed by atoms with Gasteiger partial charge in [0, 0.05) is 26.1 Å². The SMILES string of the molecule is Cc1nc(CN(C)[C@H]2CCCN(C(=O)[C@H](C)OCC3CC3)CC2)no1. The van der Waals surface area contributed by atoms with Crippen LogP contribution in [0.3, 0.4) is 0 Å². The summed E-state index contributed by atoms with van der Waals surface area (Å²) in [6.07, 6.45) is 5.23. The second-order valence-corrected chi connectivity index (χ2v) is 7.47. The summed E-state index contributed by atoms with van der Waals surface area (Å²) in [4.78, 5) is 21.1. The van der Waals surface area contributed by atoms with E-state index in [9.17, 15) is 4.79 Å². The van der Waals surface area contributed by atoms with Crippen molar-refractivity contribution in [1.82, 2.24) is 19.9 Å². The zero-order valence-electron chi connectivity index (χ0n) is 15.6. The fourth-order valence-corrected chi connectivity index (χ4v) is 3.39. The van der Waals surface area contributed by atoms with E-state index < -0.39 is 0 Å². The Morgan fingerprint density at radius 3 is 2.84 bits per heavy atom. The van der Waals surface area contributed by atoms with E-state index in [1.807, 2.05) is 11.8 Å². The van der Waals surface area contributed by atoms with Gasteiger partial charge in [0.25, 0.3) is 5.91 Å². The molecule has 1 saturated carbocycles. The van der Waals surface area contributed by atoms with Crippen molar-refractivity contribution in [1.29, 1.82) is 0 Å². The van der Waals surface area contributed by atoms with Gasteiger partial charge in [0.1, 0.15) is 6.10 Å². The molecule has 1 aromatic heterocycles. The summed E-state index contributed by atoms with van der Waals surface area (Å²) in [5, 5.41) is 3.97. The lowest BCUT2D eigenvalue weighted by Crippen LogP contribution is -2.40. The molecule has 1 aliphatic heterocycles. The predicted molar refractivity (Wildman–Crippen MR) is 92.9 cm³/mol. The predicted octanol–water partition coefficient (Wildman–Crippen LogP) is 2.01. The summed E-state index contributed by atoms with van der Waals surface area (Å²) in [5.41, 5.74) is 0. The lowest BCUT2D eigenvalue weighted by atomic mass is 10.1. The van der Waals surface area contributed by atoms with Crippen LogP contribution in [0.4, 0.5) is 0 Å². The lowest BCUT2D eigenvalue weighted by molar-refractivity contribution is -0.142. The van der Waals surface area contributed by atoms with Gasteiger partial charge in [-0.15, -0.1) is 0 Å². The first-order chi connectivity index (χ1) is 12.0. The van der Waals surface area contributed by atoms with Crippen molar-refractivity contribution in [2.45, 2.75) is 64.6 Å². The molecule has 0 spiro atoms. The highest BCUT2D eigenvalue weighted by atomic mass is 16.5. The number of aryl methyl sites for hydroxylation is 1. The molecular formula is C18H30N4O3. The number of ether oxygens (including phenoxy) is 1. The third kappa shape index (κ3) is 5.25. The molecule has 2 aliphatic rings. The third-order valence-electron chi connectivity index (χ3n) is 5.22. The van der Waals surface area contributed by atoms with E-state index in [-0.39, 0.29) is 12.0 Å². The number of aromatic nitrogens is 2. The fraction of sp³-hybridized carbons (Fsp3) is 0.833. The summed E-state index contributed by atoms with van der Waals surface area (Å²) in [7, 11) is 2.09. The molecule has 1 aliphatic carbocycles. The van der Waals surface area contributed by atoms with Crippen LogP contribution in [0, 0.1) is 12.8 Å². The van der Waals surface area contributed by atoms with Crippen LogP contribution in [0.1, 0.15) is 50.7 Å². The Balaban J connectivity index is 1.46. The molecule has 0 bridgehead atoms. The molecule has 3 rings (SSSR count). The maximum absolute atomic E-state index is 12.6. The van der Waals surface area contributed by atoms with Gasteiger partial charge >= 0.3 is 0 Å². The number of hydrogen-bond donors (Lipinski definition) is 0. The number of hydrogen-bond acceptors (Lipinski definition) is 6. The Bertz CT molecular complexity index is 572. The monoisotopic (exact) mass is 350 g/mol. The molecule has 0 aromatic carbocycles. The summed E-state index contributed by atoms with van der Waals surface area (Å²) >= 11 is 0. The molecule has 2 fully saturated rings. The smallest absolute Gasteiger partial charge is 0.251 e. The van der Waals surface area contributed by atoms with Crippen LogP contribution in [-0.4, -0.2) is 64.7 Å². The maximum atomic E-state index is 12.6. The van der Waals surface area contributed by atoms with Gasteiger partial charge in [-0.05, 0) is 52.0 Å². The normalized spacial score (nSPS) is 22.9. The summed E-state index contributed by atoms with van der Waals surface area (Å²) in [5.74, 6) is 2.14. The summed E-state index contributed by atoms with van der Waals surface area (Å²) in [6.45, 7) is 6.71. The molecular weight excluding hydrogens is 320 g/mol. The second-order valence-electron chi connectivity index (χ2n) is 7.47. The largest absolute Gasteiger partial charge is 0.368 e. The van der Waals surface area contributed by atoms with Crippen LogP contribution < -0.4 is 0 Å². The highest BCUT2D eigenvalue weighted by Crippen LogP contribution is 2.29. The highest BCUT2D eigenvalue weighted by molar-refractivity contribution is 5.80. The van der Waals surface area contributed by atoms with E-state index in [2.05, 4.69) is 22.1 Å². The van der Waals surface area contributed by atoms with Gasteiger partial charge in [0.2, 0.25) is 5.89 Å². The van der Waals surface area contributed by atoms with Crippen molar-refractivity contribution >= 4 is 5.91 Å². The van der Waals surface area contributed by atoms with Gasteiger partial charge in [-0.2, -0.15) is 4.98 Å². The van der Waals surface area contributed by atoms with E-state index in [0.717, 1.165) is 44.8 Å². The average molecular weight is 350 g/mol. The van der Waals surface area contributed by atoms with E-state index in [4.69, 9.17) is 9.26 Å². The quantitative estimate of drug-likeness (QED) is 0.749. The first-order valence-corrected chi connectivity index (χ1v) is 9.42. The number of amides is 1. The van der Waals surface area contributed by atoms with Gasteiger partial charge in [0.05, 0.1) is 13.2 Å². The van der Waals surface area contributed by atoms with Crippen molar-refractivity contribution in [3.05, 3.63) is 11.7 Å². The second kappa shape index (κ2) is 8.27. The Labute approximate surface area is 149 Å². The van der Waals surface area contributed by atoms with Crippen molar-refractivity contribution in [2.24, 2.45) is 5.92 Å². The van der Waals surface area contributed by atoms with Crippen molar-refractivity contribution in [2.75, 3.05) is 26.7 Å². The van der Waals surface area contributed by atoms with E-state index in [0.29, 0.717) is 24.4 Å². The topological polar surface area (TPSA) is 71.7 Å². The van der Waals surface area contributed by atoms with E-state index in [1.54, 1.807) is 6.92 Å². The molecule has 7 nitrogen and oxygen atoms in total. The first-order valence-electron chi connectivity index (χ1n) is 9.42. The van der Waals surface area contributed by atoms with Gasteiger partial charge < -0.3 is 14.2 Å². The van der Waals surface area contributed by atoms with Crippen LogP contribution in [0.2, 0.25) is 0 Å². The number of carbonyl (C=O) groups is 1. The van der Waals surface area contributed by atoms with Gasteiger partial charge in [-0.1, -0.05) is 5.16 Å². The molecule has 1 saturated heterocycles. The summed E-state index contributed by atoms with van der Waals surface area (Å²) < 4.78 is 10.8. The molecule has 0 radical (unpaired) electrons. The first kappa shape index (κ1) is 18.3. The van der Waals surface area contributed by atoms with Gasteiger partial charge in [0.15, 0.2) is 5.82 Å². The molecule has 1 amide bonds. The number of nitrogens with zero attached hydrogens (tertiary/aromatic N) is 4. The summed E-state index contributed by atoms with van der Waals surface area (Å²) in [6, 6.07) is 0.430. The average Bonchev–Trinajstić information content (AvgIpc) is 3.37. The zero-order valence-corrected chi connectivity index (χ0v) is 15.6. The van der Waals surface area contributed by atoms with Gasteiger partial charge in [-0.3, -0.25) is 9.69 Å². The number of likely N-dealkylation sites (tertiary alicyclic amines) is 1. The van der Waals surface area contributed by atoms with Crippen LogP contribution in [0.15, 0.2) is 4.52 Å². The molecule has 0 N–H and O–H groups in total. The van der Waals surface area contributed by atoms with E-state index >= 15 is 0 Å². The van der Waals surface area contributed by atoms with E-state index in [1.165, 1.54) is 12.8 Å². The van der Waals surface area contributed by atoms with Crippen LogP contribution in [0.25, 0.3) is 0 Å². The maximum Gasteiger partial charge on any atom is 0.251 e. The minimum atomic E-state index is -0.322. The Morgan fingerprint density at radius 2 is 2.16 bits per heavy atom. The molecule has 140 valence electrons. The Hall–Kier alpha value is -1.47. The van der Waals surface area contributed by atoms with Crippen molar-refractivity contribution < 1.29 is 14.1 Å². The molecule has 25 heavy (non-hydrogen) atoms. The zero-order chi connectivity index (χ0) is 17.8. The fourth-order valence-electron chi connectivity index (χ4n) is 3.39. The van der Waals surface area contributed by atoms with Gasteiger partial charge in [-0.25, -0.2) is 0 Å². The number of carbonyl (C=O) groups excluding carboxylic acids is 1. The standard InChI is InChI=1S/C18H30N4O3/c1-13(24-12-15-6-7-15)18(23)22-9-4-5-16(8-10-22)21(3)11-17-19-14(2)25-20-17/h13,15-16H,4-12H2,1-3H3/t13-,16-/m0/s1. The highest BCUT2D eigenvalue weighted by Gasteiger charge is 2.28. The Kier molecular flexibility index (Phi) is 6.06. The lowest BCUT2D eigenvalue weighted by Gasteiger charge is -2.27. The minimum absolute atomic E-state index is 0.137. The van der Waals surface area contributed by atoms with Crippen molar-refractivity contribution in [3.8, 4) is 0 Å². The van der Waals surface area contributed by atoms with Crippen LogP contribution >= 0.6 is 0 Å². The molecule has 7 heteroatoms. The van der Waals surface area contributed by atoms with Crippen LogP contribution in [0.5, 0.6) is 0 Å². The molecule has 2 atom stereocenters. The minimum Gasteiger partial charge on any atom is -0.368 e. The Morgan fingerprint density at radius 1 is 1.36 bits per heavy atom. The molecule has 1 aromatic rings. The van der Waals surface area contributed by atoms with Crippen LogP contribution in [-0.2, 0) is 16.1 Å². The number of rotatable bonds is 7.